The van der Waals surface area contributed by atoms with Crippen molar-refractivity contribution in [2.75, 3.05) is 26.2 Å². The van der Waals surface area contributed by atoms with Crippen LogP contribution in [0.2, 0.25) is 0 Å². The smallest absolute Gasteiger partial charge is 0.0892 e. The van der Waals surface area contributed by atoms with Crippen molar-refractivity contribution in [2.24, 2.45) is 0 Å². The lowest BCUT2D eigenvalue weighted by Gasteiger charge is -2.29. The number of piperazine rings is 1. The summed E-state index contributed by atoms with van der Waals surface area (Å²) in [7, 11) is 0. The van der Waals surface area contributed by atoms with Crippen LogP contribution in [0, 0.1) is 6.92 Å². The number of rotatable bonds is 3. The lowest BCUT2D eigenvalue weighted by molar-refractivity contribution is 0.0449. The van der Waals surface area contributed by atoms with Crippen molar-refractivity contribution < 1.29 is 4.74 Å². The number of aryl methyl sites for hydroxylation is 1. The van der Waals surface area contributed by atoms with Crippen LogP contribution in [0.1, 0.15) is 17.8 Å². The minimum absolute atomic E-state index is 0.372. The summed E-state index contributed by atoms with van der Waals surface area (Å²) < 4.78 is 6.00. The molecule has 2 aliphatic heterocycles. The number of pyridine rings is 1. The average molecular weight is 247 g/mol. The third kappa shape index (κ3) is 2.71. The summed E-state index contributed by atoms with van der Waals surface area (Å²) in [6.45, 7) is 7.13. The van der Waals surface area contributed by atoms with Crippen LogP contribution in [0.15, 0.2) is 18.2 Å². The van der Waals surface area contributed by atoms with Gasteiger partial charge in [0.15, 0.2) is 0 Å². The van der Waals surface area contributed by atoms with E-state index in [0.29, 0.717) is 18.8 Å². The quantitative estimate of drug-likeness (QED) is 0.863. The van der Waals surface area contributed by atoms with E-state index in [2.05, 4.69) is 15.2 Å². The molecule has 0 spiro atoms. The molecule has 98 valence electrons. The lowest BCUT2D eigenvalue weighted by Crippen LogP contribution is -2.47. The number of hydrogen-bond donors (Lipinski definition) is 1. The number of fused-ring (bicyclic) bond motifs is 1. The van der Waals surface area contributed by atoms with Crippen LogP contribution >= 0.6 is 0 Å². The summed E-state index contributed by atoms with van der Waals surface area (Å²) in [6.07, 6.45) is 1.52. The van der Waals surface area contributed by atoms with Gasteiger partial charge in [0.1, 0.15) is 0 Å². The van der Waals surface area contributed by atoms with Gasteiger partial charge in [-0.05, 0) is 25.5 Å². The second-order valence-electron chi connectivity index (χ2n) is 5.29. The Bertz CT molecular complexity index is 396. The molecule has 3 heterocycles. The highest BCUT2D eigenvalue weighted by atomic mass is 16.5. The standard InChI is InChI=1S/C14H21N3O/c1-11-3-2-4-12(16-11)10-18-14-7-13-8-15-5-6-17(13)9-14/h2-4,13-15H,5-10H2,1H3/t13-,14-/m1/s1. The summed E-state index contributed by atoms with van der Waals surface area (Å²) in [6, 6.07) is 6.78. The van der Waals surface area contributed by atoms with Crippen molar-refractivity contribution in [1.29, 1.82) is 0 Å². The zero-order chi connectivity index (χ0) is 12.4. The van der Waals surface area contributed by atoms with Gasteiger partial charge in [-0.15, -0.1) is 0 Å². The van der Waals surface area contributed by atoms with Crippen LogP contribution in [0.4, 0.5) is 0 Å². The molecular weight excluding hydrogens is 226 g/mol. The molecule has 2 atom stereocenters. The minimum atomic E-state index is 0.372. The van der Waals surface area contributed by atoms with Gasteiger partial charge in [0.25, 0.3) is 0 Å². The first kappa shape index (κ1) is 12.1. The topological polar surface area (TPSA) is 37.4 Å². The Morgan fingerprint density at radius 1 is 1.50 bits per heavy atom. The molecule has 2 aliphatic rings. The summed E-state index contributed by atoms with van der Waals surface area (Å²) >= 11 is 0. The maximum absolute atomic E-state index is 6.00. The Hall–Kier alpha value is -0.970. The Balaban J connectivity index is 1.52. The highest BCUT2D eigenvalue weighted by Crippen LogP contribution is 2.21. The number of hydrogen-bond acceptors (Lipinski definition) is 4. The average Bonchev–Trinajstić information content (AvgIpc) is 2.79. The van der Waals surface area contributed by atoms with Gasteiger partial charge in [-0.25, -0.2) is 0 Å². The molecule has 0 aliphatic carbocycles. The molecule has 2 saturated heterocycles. The SMILES string of the molecule is Cc1cccc(CO[C@@H]2C[C@@H]3CNCCN3C2)n1. The molecule has 2 fully saturated rings. The number of ether oxygens (including phenoxy) is 1. The first-order valence-electron chi connectivity index (χ1n) is 6.80. The minimum Gasteiger partial charge on any atom is -0.371 e. The van der Waals surface area contributed by atoms with Crippen LogP contribution in [0.5, 0.6) is 0 Å². The second kappa shape index (κ2) is 5.34. The molecule has 1 aromatic rings. The van der Waals surface area contributed by atoms with Crippen molar-refractivity contribution in [2.45, 2.75) is 32.1 Å². The van der Waals surface area contributed by atoms with Gasteiger partial charge >= 0.3 is 0 Å². The maximum atomic E-state index is 6.00. The number of nitrogens with one attached hydrogen (secondary N) is 1. The summed E-state index contributed by atoms with van der Waals surface area (Å²) in [5.41, 5.74) is 2.10. The molecule has 0 radical (unpaired) electrons. The molecular formula is C14H21N3O. The fourth-order valence-electron chi connectivity index (χ4n) is 2.92. The number of aromatic nitrogens is 1. The van der Waals surface area contributed by atoms with E-state index in [1.54, 1.807) is 0 Å². The van der Waals surface area contributed by atoms with E-state index in [-0.39, 0.29) is 0 Å². The van der Waals surface area contributed by atoms with E-state index >= 15 is 0 Å². The predicted molar refractivity (Wildman–Crippen MR) is 70.4 cm³/mol. The normalized spacial score (nSPS) is 28.3. The fourth-order valence-corrected chi connectivity index (χ4v) is 2.92. The Morgan fingerprint density at radius 3 is 3.28 bits per heavy atom. The van der Waals surface area contributed by atoms with E-state index in [1.807, 2.05) is 25.1 Å². The van der Waals surface area contributed by atoms with E-state index in [4.69, 9.17) is 4.74 Å². The number of nitrogens with zero attached hydrogens (tertiary/aromatic N) is 2. The maximum Gasteiger partial charge on any atom is 0.0892 e. The fraction of sp³-hybridized carbons (Fsp3) is 0.643. The van der Waals surface area contributed by atoms with Gasteiger partial charge in [0.2, 0.25) is 0 Å². The summed E-state index contributed by atoms with van der Waals surface area (Å²) in [4.78, 5) is 7.02. The van der Waals surface area contributed by atoms with Gasteiger partial charge in [0.05, 0.1) is 18.4 Å². The molecule has 4 heteroatoms. The molecule has 1 aromatic heterocycles. The predicted octanol–water partition coefficient (Wildman–Crippen LogP) is 0.953. The lowest BCUT2D eigenvalue weighted by atomic mass is 10.2. The van der Waals surface area contributed by atoms with Gasteiger partial charge in [-0.2, -0.15) is 0 Å². The van der Waals surface area contributed by atoms with Gasteiger partial charge < -0.3 is 10.1 Å². The molecule has 0 unspecified atom stereocenters. The zero-order valence-corrected chi connectivity index (χ0v) is 10.9. The summed E-state index contributed by atoms with van der Waals surface area (Å²) in [5.74, 6) is 0. The van der Waals surface area contributed by atoms with Crippen LogP contribution < -0.4 is 5.32 Å². The molecule has 3 rings (SSSR count). The van der Waals surface area contributed by atoms with Crippen LogP contribution in [-0.4, -0.2) is 48.2 Å². The molecule has 0 aromatic carbocycles. The third-order valence-corrected chi connectivity index (χ3v) is 3.86. The molecule has 0 bridgehead atoms. The van der Waals surface area contributed by atoms with Gasteiger partial charge in [-0.3, -0.25) is 9.88 Å². The Labute approximate surface area is 108 Å². The highest BCUT2D eigenvalue weighted by Gasteiger charge is 2.33. The van der Waals surface area contributed by atoms with E-state index in [0.717, 1.165) is 44.0 Å². The molecule has 18 heavy (non-hydrogen) atoms. The van der Waals surface area contributed by atoms with Gasteiger partial charge in [0, 0.05) is 37.9 Å². The molecule has 4 nitrogen and oxygen atoms in total. The monoisotopic (exact) mass is 247 g/mol. The Kier molecular flexibility index (Phi) is 3.59. The van der Waals surface area contributed by atoms with E-state index < -0.39 is 0 Å². The van der Waals surface area contributed by atoms with Crippen LogP contribution in [0.25, 0.3) is 0 Å². The summed E-state index contributed by atoms with van der Waals surface area (Å²) in [5, 5.41) is 3.45. The third-order valence-electron chi connectivity index (χ3n) is 3.86. The van der Waals surface area contributed by atoms with Crippen molar-refractivity contribution in [3.05, 3.63) is 29.6 Å². The highest BCUT2D eigenvalue weighted by molar-refractivity contribution is 5.09. The van der Waals surface area contributed by atoms with Crippen LogP contribution in [-0.2, 0) is 11.3 Å². The van der Waals surface area contributed by atoms with Gasteiger partial charge in [-0.1, -0.05) is 6.07 Å². The Morgan fingerprint density at radius 2 is 2.44 bits per heavy atom. The van der Waals surface area contributed by atoms with Crippen molar-refractivity contribution >= 4 is 0 Å². The first-order chi connectivity index (χ1) is 8.81. The molecule has 0 amide bonds. The molecule has 1 N–H and O–H groups in total. The largest absolute Gasteiger partial charge is 0.371 e. The van der Waals surface area contributed by atoms with Crippen LogP contribution in [0.3, 0.4) is 0 Å². The first-order valence-corrected chi connectivity index (χ1v) is 6.80. The second-order valence-corrected chi connectivity index (χ2v) is 5.29. The molecule has 0 saturated carbocycles. The van der Waals surface area contributed by atoms with Crippen molar-refractivity contribution in [1.82, 2.24) is 15.2 Å². The van der Waals surface area contributed by atoms with E-state index in [1.165, 1.54) is 0 Å². The van der Waals surface area contributed by atoms with Crippen molar-refractivity contribution in [3.63, 3.8) is 0 Å². The zero-order valence-electron chi connectivity index (χ0n) is 10.9. The van der Waals surface area contributed by atoms with E-state index in [9.17, 15) is 0 Å². The van der Waals surface area contributed by atoms with Crippen molar-refractivity contribution in [3.8, 4) is 0 Å².